The monoisotopic (exact) mass is 245 g/mol. The molecule has 0 saturated carbocycles. The number of hydrogen-bond acceptors (Lipinski definition) is 3. The Hall–Kier alpha value is -1.84. The predicted octanol–water partition coefficient (Wildman–Crippen LogP) is 3.00. The first kappa shape index (κ1) is 12.6. The molecule has 0 aliphatic carbocycles. The SMILES string of the molecule is CCn1ncnc1COc1ccc(C(C)C)cc1. The van der Waals surface area contributed by atoms with Crippen molar-refractivity contribution in [3.63, 3.8) is 0 Å². The quantitative estimate of drug-likeness (QED) is 0.813. The molecule has 4 nitrogen and oxygen atoms in total. The lowest BCUT2D eigenvalue weighted by Gasteiger charge is -2.09. The fraction of sp³-hybridized carbons (Fsp3) is 0.429. The molecule has 0 atom stereocenters. The summed E-state index contributed by atoms with van der Waals surface area (Å²) in [4.78, 5) is 4.17. The van der Waals surface area contributed by atoms with E-state index in [1.807, 2.05) is 23.7 Å². The summed E-state index contributed by atoms with van der Waals surface area (Å²) in [5.41, 5.74) is 1.32. The standard InChI is InChI=1S/C14H19N3O/c1-4-17-14(15-10-16-17)9-18-13-7-5-12(6-8-13)11(2)3/h5-8,10-11H,4,9H2,1-3H3. The van der Waals surface area contributed by atoms with Gasteiger partial charge in [0.05, 0.1) is 0 Å². The molecule has 1 heterocycles. The molecule has 2 aromatic rings. The lowest BCUT2D eigenvalue weighted by atomic mass is 10.0. The van der Waals surface area contributed by atoms with Gasteiger partial charge in [0, 0.05) is 6.54 Å². The van der Waals surface area contributed by atoms with E-state index in [2.05, 4.69) is 36.1 Å². The Morgan fingerprint density at radius 1 is 1.22 bits per heavy atom. The van der Waals surface area contributed by atoms with Gasteiger partial charge in [-0.25, -0.2) is 9.67 Å². The second kappa shape index (κ2) is 5.67. The third kappa shape index (κ3) is 2.88. The number of benzene rings is 1. The van der Waals surface area contributed by atoms with Crippen molar-refractivity contribution in [2.45, 2.75) is 39.8 Å². The molecule has 0 aliphatic heterocycles. The summed E-state index contributed by atoms with van der Waals surface area (Å²) in [5.74, 6) is 2.26. The van der Waals surface area contributed by atoms with Gasteiger partial charge in [0.1, 0.15) is 18.7 Å². The van der Waals surface area contributed by atoms with Gasteiger partial charge < -0.3 is 4.74 Å². The predicted molar refractivity (Wildman–Crippen MR) is 70.6 cm³/mol. The largest absolute Gasteiger partial charge is 0.486 e. The van der Waals surface area contributed by atoms with Crippen molar-refractivity contribution < 1.29 is 4.74 Å². The van der Waals surface area contributed by atoms with Gasteiger partial charge in [-0.2, -0.15) is 5.10 Å². The van der Waals surface area contributed by atoms with Crippen LogP contribution in [0.1, 0.15) is 38.1 Å². The van der Waals surface area contributed by atoms with Crippen LogP contribution in [-0.2, 0) is 13.2 Å². The zero-order valence-corrected chi connectivity index (χ0v) is 11.1. The maximum atomic E-state index is 5.70. The molecule has 0 aliphatic rings. The Labute approximate surface area is 108 Å². The second-order valence-corrected chi connectivity index (χ2v) is 4.50. The third-order valence-corrected chi connectivity index (χ3v) is 2.91. The maximum absolute atomic E-state index is 5.70. The van der Waals surface area contributed by atoms with Crippen LogP contribution in [0.3, 0.4) is 0 Å². The molecule has 4 heteroatoms. The van der Waals surface area contributed by atoms with Gasteiger partial charge in [-0.1, -0.05) is 26.0 Å². The normalized spacial score (nSPS) is 10.9. The number of aromatic nitrogens is 3. The highest BCUT2D eigenvalue weighted by Crippen LogP contribution is 2.19. The van der Waals surface area contributed by atoms with Crippen LogP contribution in [0, 0.1) is 0 Å². The summed E-state index contributed by atoms with van der Waals surface area (Å²) in [6, 6.07) is 8.21. The molecule has 0 bridgehead atoms. The zero-order valence-electron chi connectivity index (χ0n) is 11.1. The van der Waals surface area contributed by atoms with Crippen LogP contribution in [-0.4, -0.2) is 14.8 Å². The Morgan fingerprint density at radius 3 is 2.56 bits per heavy atom. The van der Waals surface area contributed by atoms with Crippen LogP contribution >= 0.6 is 0 Å². The van der Waals surface area contributed by atoms with Crippen LogP contribution in [0.15, 0.2) is 30.6 Å². The molecule has 96 valence electrons. The van der Waals surface area contributed by atoms with Gasteiger partial charge in [0.15, 0.2) is 5.82 Å². The second-order valence-electron chi connectivity index (χ2n) is 4.50. The van der Waals surface area contributed by atoms with Gasteiger partial charge in [0.2, 0.25) is 0 Å². The van der Waals surface area contributed by atoms with Crippen molar-refractivity contribution in [2.24, 2.45) is 0 Å². The Bertz CT molecular complexity index is 488. The number of rotatable bonds is 5. The first-order valence-corrected chi connectivity index (χ1v) is 6.30. The van der Waals surface area contributed by atoms with E-state index in [4.69, 9.17) is 4.74 Å². The maximum Gasteiger partial charge on any atom is 0.164 e. The summed E-state index contributed by atoms with van der Waals surface area (Å²) in [6.45, 7) is 7.66. The van der Waals surface area contributed by atoms with E-state index >= 15 is 0 Å². The van der Waals surface area contributed by atoms with E-state index in [1.165, 1.54) is 5.56 Å². The summed E-state index contributed by atoms with van der Waals surface area (Å²) in [7, 11) is 0. The topological polar surface area (TPSA) is 39.9 Å². The fourth-order valence-corrected chi connectivity index (χ4v) is 1.76. The highest BCUT2D eigenvalue weighted by atomic mass is 16.5. The van der Waals surface area contributed by atoms with Crippen molar-refractivity contribution in [3.05, 3.63) is 42.0 Å². The summed E-state index contributed by atoms with van der Waals surface area (Å²) < 4.78 is 7.54. The van der Waals surface area contributed by atoms with Gasteiger partial charge in [-0.05, 0) is 30.5 Å². The Balaban J connectivity index is 1.98. The number of aryl methyl sites for hydroxylation is 1. The molecule has 0 spiro atoms. The highest BCUT2D eigenvalue weighted by Gasteiger charge is 2.04. The van der Waals surface area contributed by atoms with Gasteiger partial charge in [0.25, 0.3) is 0 Å². The van der Waals surface area contributed by atoms with E-state index in [0.717, 1.165) is 18.1 Å². The molecule has 1 aromatic heterocycles. The van der Waals surface area contributed by atoms with Crippen molar-refractivity contribution >= 4 is 0 Å². The van der Waals surface area contributed by atoms with E-state index in [0.29, 0.717) is 12.5 Å². The van der Waals surface area contributed by atoms with Crippen molar-refractivity contribution in [3.8, 4) is 5.75 Å². The molecule has 0 N–H and O–H groups in total. The molecule has 1 aromatic carbocycles. The smallest absolute Gasteiger partial charge is 0.164 e. The average molecular weight is 245 g/mol. The van der Waals surface area contributed by atoms with E-state index in [-0.39, 0.29) is 0 Å². The van der Waals surface area contributed by atoms with Crippen molar-refractivity contribution in [1.29, 1.82) is 0 Å². The van der Waals surface area contributed by atoms with E-state index in [1.54, 1.807) is 6.33 Å². The number of ether oxygens (including phenoxy) is 1. The molecule has 0 unspecified atom stereocenters. The van der Waals surface area contributed by atoms with Crippen molar-refractivity contribution in [1.82, 2.24) is 14.8 Å². The summed E-state index contributed by atoms with van der Waals surface area (Å²) in [6.07, 6.45) is 1.56. The lowest BCUT2D eigenvalue weighted by molar-refractivity contribution is 0.287. The first-order chi connectivity index (χ1) is 8.70. The van der Waals surface area contributed by atoms with Gasteiger partial charge in [-0.3, -0.25) is 0 Å². The van der Waals surface area contributed by atoms with Gasteiger partial charge >= 0.3 is 0 Å². The molecule has 0 fully saturated rings. The van der Waals surface area contributed by atoms with Crippen LogP contribution in [0.4, 0.5) is 0 Å². The number of nitrogens with zero attached hydrogens (tertiary/aromatic N) is 3. The average Bonchev–Trinajstić information content (AvgIpc) is 2.84. The molecular weight excluding hydrogens is 226 g/mol. The molecular formula is C14H19N3O. The third-order valence-electron chi connectivity index (χ3n) is 2.91. The molecule has 0 amide bonds. The Morgan fingerprint density at radius 2 is 1.94 bits per heavy atom. The molecule has 0 saturated heterocycles. The highest BCUT2D eigenvalue weighted by molar-refractivity contribution is 5.28. The van der Waals surface area contributed by atoms with Crippen LogP contribution in [0.5, 0.6) is 5.75 Å². The first-order valence-electron chi connectivity index (χ1n) is 6.30. The molecule has 0 radical (unpaired) electrons. The fourth-order valence-electron chi connectivity index (χ4n) is 1.76. The van der Waals surface area contributed by atoms with E-state index in [9.17, 15) is 0 Å². The van der Waals surface area contributed by atoms with Crippen LogP contribution in [0.2, 0.25) is 0 Å². The van der Waals surface area contributed by atoms with Gasteiger partial charge in [-0.15, -0.1) is 0 Å². The van der Waals surface area contributed by atoms with Crippen LogP contribution < -0.4 is 4.74 Å². The zero-order chi connectivity index (χ0) is 13.0. The minimum absolute atomic E-state index is 0.453. The minimum atomic E-state index is 0.453. The lowest BCUT2D eigenvalue weighted by Crippen LogP contribution is -2.07. The van der Waals surface area contributed by atoms with Crippen molar-refractivity contribution in [2.75, 3.05) is 0 Å². The number of hydrogen-bond donors (Lipinski definition) is 0. The molecule has 18 heavy (non-hydrogen) atoms. The summed E-state index contributed by atoms with van der Waals surface area (Å²) in [5, 5.41) is 4.11. The van der Waals surface area contributed by atoms with Crippen LogP contribution in [0.25, 0.3) is 0 Å². The minimum Gasteiger partial charge on any atom is -0.486 e. The summed E-state index contributed by atoms with van der Waals surface area (Å²) >= 11 is 0. The Kier molecular flexibility index (Phi) is 3.97. The van der Waals surface area contributed by atoms with E-state index < -0.39 is 0 Å². The molecule has 2 rings (SSSR count).